The third-order valence-electron chi connectivity index (χ3n) is 3.52. The summed E-state index contributed by atoms with van der Waals surface area (Å²) in [7, 11) is 0. The molecule has 0 saturated carbocycles. The first-order chi connectivity index (χ1) is 7.20. The van der Waals surface area contributed by atoms with Crippen molar-refractivity contribution >= 4 is 11.7 Å². The van der Waals surface area contributed by atoms with Crippen LogP contribution in [-0.2, 0) is 14.3 Å². The number of Topliss-reactive ketones (excluding diaryl/α,β-unsaturated/α-hetero) is 1. The lowest BCUT2D eigenvalue weighted by atomic mass is 9.92. The summed E-state index contributed by atoms with van der Waals surface area (Å²) in [6.07, 6.45) is 2.39. The molecule has 4 heteroatoms. The summed E-state index contributed by atoms with van der Waals surface area (Å²) in [5, 5.41) is 0. The van der Waals surface area contributed by atoms with Gasteiger partial charge in [-0.1, -0.05) is 0 Å². The first-order valence-electron chi connectivity index (χ1n) is 5.61. The standard InChI is InChI=1S/C11H17NO3/c1-8(9-3-6-15-7-4-9)12-5-2-10(13)11(12)14/h8-9H,2-7H2,1H3. The minimum Gasteiger partial charge on any atom is -0.381 e. The fourth-order valence-electron chi connectivity index (χ4n) is 2.43. The summed E-state index contributed by atoms with van der Waals surface area (Å²) in [5.41, 5.74) is 0. The molecular formula is C11H17NO3. The number of carbonyl (C=O) groups excluding carboxylic acids is 2. The van der Waals surface area contributed by atoms with E-state index >= 15 is 0 Å². The Kier molecular flexibility index (Phi) is 3.05. The lowest BCUT2D eigenvalue weighted by Crippen LogP contribution is -2.42. The maximum atomic E-state index is 11.5. The first-order valence-corrected chi connectivity index (χ1v) is 5.61. The van der Waals surface area contributed by atoms with E-state index in [0.29, 0.717) is 18.9 Å². The van der Waals surface area contributed by atoms with Gasteiger partial charge in [0.05, 0.1) is 0 Å². The normalized spacial score (nSPS) is 26.1. The van der Waals surface area contributed by atoms with Gasteiger partial charge in [-0.25, -0.2) is 0 Å². The lowest BCUT2D eigenvalue weighted by Gasteiger charge is -2.33. The Balaban J connectivity index is 1.97. The number of hydrogen-bond donors (Lipinski definition) is 0. The second kappa shape index (κ2) is 4.31. The van der Waals surface area contributed by atoms with E-state index in [1.165, 1.54) is 0 Å². The van der Waals surface area contributed by atoms with Crippen LogP contribution in [0.1, 0.15) is 26.2 Å². The Morgan fingerprint density at radius 3 is 2.53 bits per heavy atom. The van der Waals surface area contributed by atoms with Crippen molar-refractivity contribution in [3.63, 3.8) is 0 Å². The van der Waals surface area contributed by atoms with E-state index < -0.39 is 0 Å². The number of ether oxygens (including phenoxy) is 1. The Morgan fingerprint density at radius 2 is 2.00 bits per heavy atom. The summed E-state index contributed by atoms with van der Waals surface area (Å²) < 4.78 is 5.29. The molecule has 0 aromatic carbocycles. The van der Waals surface area contributed by atoms with E-state index in [-0.39, 0.29) is 17.7 Å². The highest BCUT2D eigenvalue weighted by Gasteiger charge is 2.35. The van der Waals surface area contributed by atoms with E-state index in [0.717, 1.165) is 26.1 Å². The minimum absolute atomic E-state index is 0.188. The van der Waals surface area contributed by atoms with Crippen molar-refractivity contribution in [2.24, 2.45) is 5.92 Å². The van der Waals surface area contributed by atoms with Crippen LogP contribution in [0.15, 0.2) is 0 Å². The summed E-state index contributed by atoms with van der Waals surface area (Å²) >= 11 is 0. The topological polar surface area (TPSA) is 46.6 Å². The molecule has 2 rings (SSSR count). The molecule has 84 valence electrons. The molecule has 15 heavy (non-hydrogen) atoms. The van der Waals surface area contributed by atoms with Gasteiger partial charge >= 0.3 is 0 Å². The van der Waals surface area contributed by atoms with Crippen LogP contribution in [0.4, 0.5) is 0 Å². The molecule has 2 saturated heterocycles. The molecule has 1 amide bonds. The Labute approximate surface area is 89.6 Å². The number of likely N-dealkylation sites (tertiary alicyclic amines) is 1. The molecule has 0 bridgehead atoms. The number of amides is 1. The molecule has 0 radical (unpaired) electrons. The van der Waals surface area contributed by atoms with Gasteiger partial charge in [0.2, 0.25) is 5.78 Å². The molecule has 2 aliphatic rings. The summed E-state index contributed by atoms with van der Waals surface area (Å²) in [4.78, 5) is 24.4. The number of rotatable bonds is 2. The van der Waals surface area contributed by atoms with Gasteiger partial charge in [-0.05, 0) is 25.7 Å². The van der Waals surface area contributed by atoms with Crippen molar-refractivity contribution < 1.29 is 14.3 Å². The zero-order valence-electron chi connectivity index (χ0n) is 9.07. The minimum atomic E-state index is -0.283. The van der Waals surface area contributed by atoms with E-state index in [4.69, 9.17) is 4.74 Å². The van der Waals surface area contributed by atoms with E-state index in [2.05, 4.69) is 0 Å². The van der Waals surface area contributed by atoms with Crippen molar-refractivity contribution in [3.05, 3.63) is 0 Å². The molecule has 0 aliphatic carbocycles. The van der Waals surface area contributed by atoms with Gasteiger partial charge in [-0.15, -0.1) is 0 Å². The van der Waals surface area contributed by atoms with Crippen molar-refractivity contribution in [1.29, 1.82) is 0 Å². The second-order valence-electron chi connectivity index (χ2n) is 4.36. The molecule has 2 heterocycles. The second-order valence-corrected chi connectivity index (χ2v) is 4.36. The van der Waals surface area contributed by atoms with Crippen LogP contribution in [-0.4, -0.2) is 42.4 Å². The van der Waals surface area contributed by atoms with Crippen LogP contribution in [0, 0.1) is 5.92 Å². The molecule has 0 spiro atoms. The van der Waals surface area contributed by atoms with Crippen molar-refractivity contribution in [2.45, 2.75) is 32.2 Å². The van der Waals surface area contributed by atoms with Gasteiger partial charge in [0.15, 0.2) is 0 Å². The number of carbonyl (C=O) groups is 2. The molecule has 2 aliphatic heterocycles. The smallest absolute Gasteiger partial charge is 0.290 e. The van der Waals surface area contributed by atoms with Crippen LogP contribution >= 0.6 is 0 Å². The van der Waals surface area contributed by atoms with Crippen LogP contribution < -0.4 is 0 Å². The molecule has 0 aromatic rings. The highest BCUT2D eigenvalue weighted by Crippen LogP contribution is 2.24. The summed E-state index contributed by atoms with van der Waals surface area (Å²) in [6, 6.07) is 0.188. The predicted molar refractivity (Wildman–Crippen MR) is 54.3 cm³/mol. The third-order valence-corrected chi connectivity index (χ3v) is 3.52. The molecule has 2 fully saturated rings. The van der Waals surface area contributed by atoms with E-state index in [1.54, 1.807) is 4.90 Å². The molecular weight excluding hydrogens is 194 g/mol. The molecule has 1 unspecified atom stereocenters. The molecule has 4 nitrogen and oxygen atoms in total. The quantitative estimate of drug-likeness (QED) is 0.628. The highest BCUT2D eigenvalue weighted by atomic mass is 16.5. The average Bonchev–Trinajstić information content (AvgIpc) is 2.60. The number of nitrogens with zero attached hydrogens (tertiary/aromatic N) is 1. The van der Waals surface area contributed by atoms with Gasteiger partial charge in [-0.3, -0.25) is 9.59 Å². The van der Waals surface area contributed by atoms with Crippen molar-refractivity contribution in [1.82, 2.24) is 4.90 Å². The van der Waals surface area contributed by atoms with E-state index in [1.807, 2.05) is 6.92 Å². The Hall–Kier alpha value is -0.900. The van der Waals surface area contributed by atoms with E-state index in [9.17, 15) is 9.59 Å². The maximum Gasteiger partial charge on any atom is 0.290 e. The van der Waals surface area contributed by atoms with Crippen LogP contribution in [0.2, 0.25) is 0 Å². The first kappa shape index (κ1) is 10.6. The SMILES string of the molecule is CC(C1CCOCC1)N1CCC(=O)C1=O. The monoisotopic (exact) mass is 211 g/mol. The lowest BCUT2D eigenvalue weighted by molar-refractivity contribution is -0.142. The zero-order chi connectivity index (χ0) is 10.8. The van der Waals surface area contributed by atoms with Crippen molar-refractivity contribution in [3.8, 4) is 0 Å². The fourth-order valence-corrected chi connectivity index (χ4v) is 2.43. The van der Waals surface area contributed by atoms with Crippen molar-refractivity contribution in [2.75, 3.05) is 19.8 Å². The zero-order valence-corrected chi connectivity index (χ0v) is 9.07. The van der Waals surface area contributed by atoms with Gasteiger partial charge in [0, 0.05) is 32.2 Å². The average molecular weight is 211 g/mol. The number of hydrogen-bond acceptors (Lipinski definition) is 3. The maximum absolute atomic E-state index is 11.5. The third kappa shape index (κ3) is 2.04. The largest absolute Gasteiger partial charge is 0.381 e. The molecule has 1 atom stereocenters. The van der Waals surface area contributed by atoms with Crippen LogP contribution in [0.25, 0.3) is 0 Å². The van der Waals surface area contributed by atoms with Crippen LogP contribution in [0.3, 0.4) is 0 Å². The molecule has 0 aromatic heterocycles. The van der Waals surface area contributed by atoms with Crippen LogP contribution in [0.5, 0.6) is 0 Å². The summed E-state index contributed by atoms with van der Waals surface area (Å²) in [6.45, 7) is 4.22. The summed E-state index contributed by atoms with van der Waals surface area (Å²) in [5.74, 6) is -0.0171. The highest BCUT2D eigenvalue weighted by molar-refractivity contribution is 6.37. The molecule has 0 N–H and O–H groups in total. The predicted octanol–water partition coefficient (Wildman–Crippen LogP) is 0.603. The van der Waals surface area contributed by atoms with Gasteiger partial charge in [0.25, 0.3) is 5.91 Å². The fraction of sp³-hybridized carbons (Fsp3) is 0.818. The van der Waals surface area contributed by atoms with Gasteiger partial charge in [0.1, 0.15) is 0 Å². The van der Waals surface area contributed by atoms with Gasteiger partial charge < -0.3 is 9.64 Å². The Bertz CT molecular complexity index is 271. The number of ketones is 1. The van der Waals surface area contributed by atoms with Gasteiger partial charge in [-0.2, -0.15) is 0 Å². The Morgan fingerprint density at radius 1 is 1.33 bits per heavy atom.